The molecule has 0 aliphatic heterocycles. The third kappa shape index (κ3) is 4.86. The van der Waals surface area contributed by atoms with E-state index in [1.807, 2.05) is 0 Å². The molecule has 0 spiro atoms. The van der Waals surface area contributed by atoms with Crippen molar-refractivity contribution in [3.63, 3.8) is 0 Å². The van der Waals surface area contributed by atoms with E-state index in [0.717, 1.165) is 0 Å². The molecule has 18 heavy (non-hydrogen) atoms. The summed E-state index contributed by atoms with van der Waals surface area (Å²) in [6.07, 6.45) is 2.93. The fourth-order valence-electron chi connectivity index (χ4n) is 1.53. The molecule has 8 heteroatoms. The lowest BCUT2D eigenvalue weighted by atomic mass is 10.4. The summed E-state index contributed by atoms with van der Waals surface area (Å²) in [7, 11) is -1.54. The first-order valence-corrected chi connectivity index (χ1v) is 7.59. The SMILES string of the molecule is CCOP(=O)(CC(Cn1cncn1)OC)OCC. The van der Waals surface area contributed by atoms with Gasteiger partial charge in [-0.2, -0.15) is 5.10 Å². The molecule has 0 aliphatic rings. The van der Waals surface area contributed by atoms with Gasteiger partial charge in [0, 0.05) is 7.11 Å². The Morgan fingerprint density at radius 3 is 2.44 bits per heavy atom. The number of methoxy groups -OCH3 is 1. The van der Waals surface area contributed by atoms with Gasteiger partial charge < -0.3 is 13.8 Å². The van der Waals surface area contributed by atoms with E-state index in [9.17, 15) is 4.57 Å². The van der Waals surface area contributed by atoms with E-state index in [2.05, 4.69) is 10.1 Å². The van der Waals surface area contributed by atoms with Crippen LogP contribution in [0.1, 0.15) is 13.8 Å². The van der Waals surface area contributed by atoms with Gasteiger partial charge in [0.1, 0.15) is 12.7 Å². The second kappa shape index (κ2) is 7.63. The molecular formula is C10H20N3O4P. The minimum absolute atomic E-state index is 0.199. The lowest BCUT2D eigenvalue weighted by Crippen LogP contribution is -2.24. The first kappa shape index (κ1) is 15.3. The molecule has 0 saturated heterocycles. The number of hydrogen-bond acceptors (Lipinski definition) is 6. The van der Waals surface area contributed by atoms with Crippen LogP contribution in [-0.4, -0.2) is 47.4 Å². The van der Waals surface area contributed by atoms with Crippen LogP contribution in [0.3, 0.4) is 0 Å². The highest BCUT2D eigenvalue weighted by molar-refractivity contribution is 7.53. The fraction of sp³-hybridized carbons (Fsp3) is 0.800. The Kier molecular flexibility index (Phi) is 6.49. The number of hydrogen-bond donors (Lipinski definition) is 0. The smallest absolute Gasteiger partial charge is 0.333 e. The van der Waals surface area contributed by atoms with Crippen LogP contribution in [-0.2, 0) is 24.9 Å². The minimum atomic E-state index is -3.10. The van der Waals surface area contributed by atoms with Crippen LogP contribution in [0.2, 0.25) is 0 Å². The maximum atomic E-state index is 12.3. The lowest BCUT2D eigenvalue weighted by Gasteiger charge is -2.22. The zero-order valence-corrected chi connectivity index (χ0v) is 11.9. The Morgan fingerprint density at radius 2 is 2.00 bits per heavy atom. The third-order valence-electron chi connectivity index (χ3n) is 2.27. The van der Waals surface area contributed by atoms with Gasteiger partial charge >= 0.3 is 7.60 Å². The first-order valence-electron chi connectivity index (χ1n) is 5.86. The van der Waals surface area contributed by atoms with Crippen molar-refractivity contribution in [2.75, 3.05) is 26.5 Å². The van der Waals surface area contributed by atoms with Crippen molar-refractivity contribution in [1.29, 1.82) is 0 Å². The molecule has 1 aromatic heterocycles. The van der Waals surface area contributed by atoms with Crippen LogP contribution < -0.4 is 0 Å². The maximum absolute atomic E-state index is 12.3. The molecule has 1 unspecified atom stereocenters. The van der Waals surface area contributed by atoms with Crippen molar-refractivity contribution >= 4 is 7.60 Å². The monoisotopic (exact) mass is 277 g/mol. The van der Waals surface area contributed by atoms with Crippen molar-refractivity contribution in [2.24, 2.45) is 0 Å². The van der Waals surface area contributed by atoms with E-state index in [1.54, 1.807) is 32.0 Å². The summed E-state index contributed by atoms with van der Waals surface area (Å²) < 4.78 is 29.7. The van der Waals surface area contributed by atoms with E-state index < -0.39 is 7.60 Å². The maximum Gasteiger partial charge on any atom is 0.333 e. The molecule has 0 fully saturated rings. The first-order chi connectivity index (χ1) is 8.63. The predicted octanol–water partition coefficient (Wildman–Crippen LogP) is 1.56. The molecule has 0 N–H and O–H groups in total. The molecule has 0 bridgehead atoms. The molecule has 0 radical (unpaired) electrons. The van der Waals surface area contributed by atoms with Gasteiger partial charge in [0.25, 0.3) is 0 Å². The Hall–Kier alpha value is -0.750. The molecule has 0 aliphatic carbocycles. The van der Waals surface area contributed by atoms with Gasteiger partial charge in [-0.15, -0.1) is 0 Å². The average Bonchev–Trinajstić information content (AvgIpc) is 2.81. The third-order valence-corrected chi connectivity index (χ3v) is 4.43. The van der Waals surface area contributed by atoms with Gasteiger partial charge in [0.2, 0.25) is 0 Å². The summed E-state index contributed by atoms with van der Waals surface area (Å²) in [4.78, 5) is 3.84. The Morgan fingerprint density at radius 1 is 1.33 bits per heavy atom. The Balaban J connectivity index is 2.61. The van der Waals surface area contributed by atoms with Crippen LogP contribution in [0.15, 0.2) is 12.7 Å². The number of ether oxygens (including phenoxy) is 1. The number of nitrogens with zero attached hydrogens (tertiary/aromatic N) is 3. The van der Waals surface area contributed by atoms with Gasteiger partial charge in [-0.25, -0.2) is 4.98 Å². The van der Waals surface area contributed by atoms with Crippen LogP contribution in [0, 0.1) is 0 Å². The summed E-state index contributed by atoms with van der Waals surface area (Å²) in [6.45, 7) is 4.71. The summed E-state index contributed by atoms with van der Waals surface area (Å²) >= 11 is 0. The Bertz CT molecular complexity index is 361. The highest BCUT2D eigenvalue weighted by atomic mass is 31.2. The molecule has 1 heterocycles. The summed E-state index contributed by atoms with van der Waals surface area (Å²) in [5.74, 6) is 0. The van der Waals surface area contributed by atoms with Crippen LogP contribution in [0.5, 0.6) is 0 Å². The topological polar surface area (TPSA) is 75.5 Å². The summed E-state index contributed by atoms with van der Waals surface area (Å²) in [5, 5.41) is 3.98. The zero-order valence-electron chi connectivity index (χ0n) is 11.0. The molecular weight excluding hydrogens is 257 g/mol. The van der Waals surface area contributed by atoms with E-state index in [0.29, 0.717) is 19.8 Å². The predicted molar refractivity (Wildman–Crippen MR) is 66.5 cm³/mol. The largest absolute Gasteiger partial charge is 0.379 e. The van der Waals surface area contributed by atoms with E-state index in [1.165, 1.54) is 6.33 Å². The Labute approximate surface area is 107 Å². The fourth-order valence-corrected chi connectivity index (χ4v) is 3.36. The van der Waals surface area contributed by atoms with Crippen LogP contribution >= 0.6 is 7.60 Å². The highest BCUT2D eigenvalue weighted by Gasteiger charge is 2.28. The van der Waals surface area contributed by atoms with Gasteiger partial charge in [-0.3, -0.25) is 9.25 Å². The molecule has 1 rings (SSSR count). The van der Waals surface area contributed by atoms with Gasteiger partial charge in [-0.05, 0) is 13.8 Å². The van der Waals surface area contributed by atoms with Crippen molar-refractivity contribution in [2.45, 2.75) is 26.5 Å². The van der Waals surface area contributed by atoms with Crippen molar-refractivity contribution in [3.8, 4) is 0 Å². The van der Waals surface area contributed by atoms with E-state index >= 15 is 0 Å². The molecule has 1 aromatic rings. The molecule has 1 atom stereocenters. The number of rotatable bonds is 9. The normalized spacial score (nSPS) is 13.7. The summed E-state index contributed by atoms with van der Waals surface area (Å²) in [5.41, 5.74) is 0. The molecule has 0 saturated carbocycles. The standard InChI is InChI=1S/C10H20N3O4P/c1-4-16-18(14,17-5-2)7-10(15-3)6-13-9-11-8-12-13/h8-10H,4-7H2,1-3H3. The van der Waals surface area contributed by atoms with Crippen molar-refractivity contribution in [3.05, 3.63) is 12.7 Å². The zero-order chi connectivity index (χ0) is 13.4. The molecule has 0 amide bonds. The van der Waals surface area contributed by atoms with Crippen molar-refractivity contribution in [1.82, 2.24) is 14.8 Å². The summed E-state index contributed by atoms with van der Waals surface area (Å²) in [6, 6.07) is 0. The highest BCUT2D eigenvalue weighted by Crippen LogP contribution is 2.48. The second-order valence-corrected chi connectivity index (χ2v) is 5.71. The average molecular weight is 277 g/mol. The van der Waals surface area contributed by atoms with Crippen molar-refractivity contribution < 1.29 is 18.3 Å². The van der Waals surface area contributed by atoms with Crippen LogP contribution in [0.25, 0.3) is 0 Å². The number of aromatic nitrogens is 3. The van der Waals surface area contributed by atoms with Gasteiger partial charge in [0.05, 0.1) is 32.0 Å². The minimum Gasteiger partial charge on any atom is -0.379 e. The van der Waals surface area contributed by atoms with Crippen LogP contribution in [0.4, 0.5) is 0 Å². The van der Waals surface area contributed by atoms with E-state index in [-0.39, 0.29) is 12.3 Å². The second-order valence-electron chi connectivity index (χ2n) is 3.60. The molecule has 7 nitrogen and oxygen atoms in total. The molecule has 104 valence electrons. The molecule has 0 aromatic carbocycles. The van der Waals surface area contributed by atoms with E-state index in [4.69, 9.17) is 13.8 Å². The quantitative estimate of drug-likeness (QED) is 0.638. The van der Waals surface area contributed by atoms with Gasteiger partial charge in [-0.1, -0.05) is 0 Å². The lowest BCUT2D eigenvalue weighted by molar-refractivity contribution is 0.0930. The van der Waals surface area contributed by atoms with Gasteiger partial charge in [0.15, 0.2) is 0 Å².